The third-order valence-corrected chi connectivity index (χ3v) is 6.92. The lowest BCUT2D eigenvalue weighted by molar-refractivity contribution is -0.118. The number of carbonyl (C=O) groups excluding carboxylic acids is 1. The first-order chi connectivity index (χ1) is 17.2. The summed E-state index contributed by atoms with van der Waals surface area (Å²) in [4.78, 5) is 19.1. The van der Waals surface area contributed by atoms with Gasteiger partial charge in [0, 0.05) is 55.9 Å². The van der Waals surface area contributed by atoms with Gasteiger partial charge in [-0.05, 0) is 53.8 Å². The molecule has 0 aliphatic carbocycles. The highest BCUT2D eigenvalue weighted by Crippen LogP contribution is 2.26. The predicted octanol–water partition coefficient (Wildman–Crippen LogP) is 5.30. The van der Waals surface area contributed by atoms with Gasteiger partial charge in [-0.2, -0.15) is 0 Å². The summed E-state index contributed by atoms with van der Waals surface area (Å²) in [5, 5.41) is 1.77. The first kappa shape index (κ1) is 23.7. The van der Waals surface area contributed by atoms with Crippen LogP contribution in [-0.4, -0.2) is 53.1 Å². The number of morpholine rings is 1. The van der Waals surface area contributed by atoms with Gasteiger partial charge in [-0.3, -0.25) is 9.69 Å². The Bertz CT molecular complexity index is 1280. The van der Waals surface area contributed by atoms with E-state index in [0.29, 0.717) is 24.4 Å². The number of carbonyl (C=O) groups is 1. The van der Waals surface area contributed by atoms with Crippen LogP contribution in [0.3, 0.4) is 0 Å². The lowest BCUT2D eigenvalue weighted by Gasteiger charge is -2.26. The van der Waals surface area contributed by atoms with Crippen molar-refractivity contribution in [3.8, 4) is 5.69 Å². The number of hydrogen-bond acceptors (Lipinski definition) is 4. The summed E-state index contributed by atoms with van der Waals surface area (Å²) in [7, 11) is 0. The van der Waals surface area contributed by atoms with E-state index < -0.39 is 0 Å². The smallest absolute Gasteiger partial charge is 0.137 e. The maximum absolute atomic E-state index is 12.5. The van der Waals surface area contributed by atoms with Crippen molar-refractivity contribution in [1.29, 1.82) is 0 Å². The Morgan fingerprint density at radius 1 is 0.943 bits per heavy atom. The lowest BCUT2D eigenvalue weighted by atomic mass is 10.0. The highest BCUT2D eigenvalue weighted by atomic mass is 35.5. The fourth-order valence-corrected chi connectivity index (χ4v) is 4.81. The van der Waals surface area contributed by atoms with Crippen molar-refractivity contribution in [2.24, 2.45) is 0 Å². The number of para-hydroxylation sites is 1. The molecule has 0 radical (unpaired) electrons. The van der Waals surface area contributed by atoms with Gasteiger partial charge in [0.1, 0.15) is 10.9 Å². The van der Waals surface area contributed by atoms with E-state index in [2.05, 4.69) is 69.2 Å². The molecular formula is C29H30ClN3O2. The zero-order valence-corrected chi connectivity index (χ0v) is 20.6. The molecule has 4 aromatic rings. The summed E-state index contributed by atoms with van der Waals surface area (Å²) in [6, 6.07) is 20.6. The number of nitrogens with zero attached hydrogens (tertiary/aromatic N) is 3. The van der Waals surface area contributed by atoms with Crippen LogP contribution >= 0.6 is 11.6 Å². The average Bonchev–Trinajstić information content (AvgIpc) is 3.27. The Labute approximate surface area is 211 Å². The molecule has 1 aliphatic heterocycles. The monoisotopic (exact) mass is 487 g/mol. The number of fused-ring (bicyclic) bond motifs is 1. The lowest BCUT2D eigenvalue weighted by Crippen LogP contribution is -2.37. The molecule has 0 saturated carbocycles. The molecule has 180 valence electrons. The van der Waals surface area contributed by atoms with Gasteiger partial charge >= 0.3 is 0 Å². The molecule has 2 aromatic carbocycles. The summed E-state index contributed by atoms with van der Waals surface area (Å²) < 4.78 is 7.75. The van der Waals surface area contributed by atoms with Crippen molar-refractivity contribution in [1.82, 2.24) is 14.5 Å². The van der Waals surface area contributed by atoms with Gasteiger partial charge in [-0.15, -0.1) is 0 Å². The second kappa shape index (κ2) is 11.2. The van der Waals surface area contributed by atoms with Crippen molar-refractivity contribution in [3.05, 3.63) is 94.9 Å². The fraction of sp³-hybridized carbons (Fsp3) is 0.310. The molecule has 0 amide bonds. The molecule has 3 heterocycles. The molecular weight excluding hydrogens is 458 g/mol. The Kier molecular flexibility index (Phi) is 7.57. The van der Waals surface area contributed by atoms with Gasteiger partial charge in [-0.1, -0.05) is 48.0 Å². The quantitative estimate of drug-likeness (QED) is 0.301. The van der Waals surface area contributed by atoms with Crippen molar-refractivity contribution in [3.63, 3.8) is 0 Å². The second-order valence-corrected chi connectivity index (χ2v) is 9.50. The number of aryl methyl sites for hydroxylation is 1. The van der Waals surface area contributed by atoms with Crippen LogP contribution in [0, 0.1) is 0 Å². The Balaban J connectivity index is 1.25. The minimum Gasteiger partial charge on any atom is -0.379 e. The second-order valence-electron chi connectivity index (χ2n) is 9.12. The maximum atomic E-state index is 12.5. The third-order valence-electron chi connectivity index (χ3n) is 6.69. The number of pyridine rings is 1. The van der Waals surface area contributed by atoms with E-state index in [1.807, 2.05) is 6.07 Å². The number of benzene rings is 2. The van der Waals surface area contributed by atoms with E-state index in [-0.39, 0.29) is 5.78 Å². The summed E-state index contributed by atoms with van der Waals surface area (Å²) in [6.45, 7) is 4.72. The van der Waals surface area contributed by atoms with E-state index in [1.165, 1.54) is 16.5 Å². The number of ether oxygens (including phenoxy) is 1. The standard InChI is InChI=1S/C29H30ClN3O2/c30-29-12-8-23(20-31-29)7-11-26(34)19-22-5-9-25(10-6-22)33-21-24(27-3-1-2-4-28(27)33)13-14-32-15-17-35-18-16-32/h1-6,8-10,12,20-21H,7,11,13-19H2. The van der Waals surface area contributed by atoms with Crippen molar-refractivity contribution in [2.75, 3.05) is 32.8 Å². The average molecular weight is 488 g/mol. The van der Waals surface area contributed by atoms with Gasteiger partial charge in [0.25, 0.3) is 0 Å². The molecule has 2 aromatic heterocycles. The van der Waals surface area contributed by atoms with Crippen LogP contribution in [0.1, 0.15) is 23.1 Å². The largest absolute Gasteiger partial charge is 0.379 e. The van der Waals surface area contributed by atoms with Gasteiger partial charge in [-0.25, -0.2) is 4.98 Å². The first-order valence-corrected chi connectivity index (χ1v) is 12.6. The number of halogens is 1. The van der Waals surface area contributed by atoms with Crippen LogP contribution in [-0.2, 0) is 28.8 Å². The highest BCUT2D eigenvalue weighted by molar-refractivity contribution is 6.29. The van der Waals surface area contributed by atoms with Crippen LogP contribution in [0.4, 0.5) is 0 Å². The fourth-order valence-electron chi connectivity index (χ4n) is 4.69. The van der Waals surface area contributed by atoms with E-state index in [1.54, 1.807) is 12.3 Å². The molecule has 0 atom stereocenters. The molecule has 1 fully saturated rings. The summed E-state index contributed by atoms with van der Waals surface area (Å²) in [5.74, 6) is 0.226. The Hall–Kier alpha value is -2.99. The molecule has 0 spiro atoms. The molecule has 0 bridgehead atoms. The highest BCUT2D eigenvalue weighted by Gasteiger charge is 2.14. The van der Waals surface area contributed by atoms with E-state index in [4.69, 9.17) is 16.3 Å². The molecule has 5 nitrogen and oxygen atoms in total. The topological polar surface area (TPSA) is 47.4 Å². The Morgan fingerprint density at radius 3 is 2.49 bits per heavy atom. The normalized spacial score (nSPS) is 14.4. The van der Waals surface area contributed by atoms with Crippen molar-refractivity contribution in [2.45, 2.75) is 25.7 Å². The van der Waals surface area contributed by atoms with Crippen molar-refractivity contribution >= 4 is 28.3 Å². The zero-order valence-electron chi connectivity index (χ0n) is 19.8. The van der Waals surface area contributed by atoms with Crippen LogP contribution < -0.4 is 0 Å². The Morgan fingerprint density at radius 2 is 1.71 bits per heavy atom. The number of hydrogen-bond donors (Lipinski definition) is 0. The van der Waals surface area contributed by atoms with E-state index in [0.717, 1.165) is 56.1 Å². The molecule has 1 saturated heterocycles. The first-order valence-electron chi connectivity index (χ1n) is 12.3. The van der Waals surface area contributed by atoms with Gasteiger partial charge in [0.05, 0.1) is 18.7 Å². The van der Waals surface area contributed by atoms with E-state index in [9.17, 15) is 4.79 Å². The molecule has 0 unspecified atom stereocenters. The van der Waals surface area contributed by atoms with Gasteiger partial charge in [0.2, 0.25) is 0 Å². The van der Waals surface area contributed by atoms with Crippen LogP contribution in [0.25, 0.3) is 16.6 Å². The number of aromatic nitrogens is 2. The summed E-state index contributed by atoms with van der Waals surface area (Å²) in [5.41, 5.74) is 5.76. The molecule has 6 heteroatoms. The van der Waals surface area contributed by atoms with E-state index >= 15 is 0 Å². The summed E-state index contributed by atoms with van der Waals surface area (Å²) in [6.07, 6.45) is 6.65. The molecule has 35 heavy (non-hydrogen) atoms. The summed E-state index contributed by atoms with van der Waals surface area (Å²) >= 11 is 5.83. The van der Waals surface area contributed by atoms with Crippen LogP contribution in [0.5, 0.6) is 0 Å². The predicted molar refractivity (Wildman–Crippen MR) is 141 cm³/mol. The number of rotatable bonds is 9. The maximum Gasteiger partial charge on any atom is 0.137 e. The van der Waals surface area contributed by atoms with Crippen molar-refractivity contribution < 1.29 is 9.53 Å². The minimum absolute atomic E-state index is 0.226. The number of ketones is 1. The number of Topliss-reactive ketones (excluding diaryl/α,β-unsaturated/α-hetero) is 1. The zero-order chi connectivity index (χ0) is 24.0. The molecule has 5 rings (SSSR count). The SMILES string of the molecule is O=C(CCc1ccc(Cl)nc1)Cc1ccc(-n2cc(CCN3CCOCC3)c3ccccc32)cc1. The molecule has 0 N–H and O–H groups in total. The minimum atomic E-state index is 0.226. The van der Waals surface area contributed by atoms with Crippen LogP contribution in [0.2, 0.25) is 5.15 Å². The van der Waals surface area contributed by atoms with Gasteiger partial charge in [0.15, 0.2) is 0 Å². The van der Waals surface area contributed by atoms with Gasteiger partial charge < -0.3 is 9.30 Å². The van der Waals surface area contributed by atoms with Crippen LogP contribution in [0.15, 0.2) is 73.1 Å². The third kappa shape index (κ3) is 5.99. The molecule has 1 aliphatic rings.